The highest BCUT2D eigenvalue weighted by molar-refractivity contribution is 5.69. The lowest BCUT2D eigenvalue weighted by atomic mass is 10.4. The maximum Gasteiger partial charge on any atom is 0.401 e. The molecule has 0 aromatic carbocycles. The smallest absolute Gasteiger partial charge is 0.401 e. The van der Waals surface area contributed by atoms with E-state index in [2.05, 4.69) is 4.74 Å². The van der Waals surface area contributed by atoms with Crippen molar-refractivity contribution in [2.75, 3.05) is 26.7 Å². The third-order valence-corrected chi connectivity index (χ3v) is 1.45. The average Bonchev–Trinajstić information content (AvgIpc) is 1.98. The molecular weight excluding hydrogens is 199 g/mol. The molecule has 0 aliphatic carbocycles. The number of carbonyl (C=O) groups is 1. The van der Waals surface area contributed by atoms with Crippen molar-refractivity contribution in [1.29, 1.82) is 0 Å². The summed E-state index contributed by atoms with van der Waals surface area (Å²) in [6.45, 7) is 0.948. The second-order valence-corrected chi connectivity index (χ2v) is 2.91. The van der Waals surface area contributed by atoms with Gasteiger partial charge in [-0.25, -0.2) is 0 Å². The molecule has 14 heavy (non-hydrogen) atoms. The molecule has 0 aliphatic rings. The van der Waals surface area contributed by atoms with E-state index in [0.29, 0.717) is 0 Å². The Kier molecular flexibility index (Phi) is 5.52. The molecule has 84 valence electrons. The minimum Gasteiger partial charge on any atom is -0.466 e. The highest BCUT2D eigenvalue weighted by atomic mass is 19.4. The number of hydrogen-bond donors (Lipinski definition) is 0. The normalized spacial score (nSPS) is 11.9. The van der Waals surface area contributed by atoms with Crippen molar-refractivity contribution in [2.24, 2.45) is 0 Å². The van der Waals surface area contributed by atoms with Gasteiger partial charge in [0, 0.05) is 6.54 Å². The van der Waals surface area contributed by atoms with Gasteiger partial charge in [-0.1, -0.05) is 0 Å². The van der Waals surface area contributed by atoms with Crippen molar-refractivity contribution in [2.45, 2.75) is 19.5 Å². The number of ether oxygens (including phenoxy) is 1. The summed E-state index contributed by atoms with van der Waals surface area (Å²) in [5.74, 6) is -0.471. The zero-order valence-corrected chi connectivity index (χ0v) is 8.23. The van der Waals surface area contributed by atoms with E-state index < -0.39 is 18.7 Å². The number of halogens is 3. The number of carbonyl (C=O) groups excluding carboxylic acids is 1. The summed E-state index contributed by atoms with van der Waals surface area (Å²) in [5.41, 5.74) is 0. The number of nitrogens with zero attached hydrogens (tertiary/aromatic N) is 1. The monoisotopic (exact) mass is 213 g/mol. The summed E-state index contributed by atoms with van der Waals surface area (Å²) in [7, 11) is 1.31. The van der Waals surface area contributed by atoms with Crippen molar-refractivity contribution in [1.82, 2.24) is 4.90 Å². The second-order valence-electron chi connectivity index (χ2n) is 2.91. The summed E-state index contributed by atoms with van der Waals surface area (Å²) in [6, 6.07) is 0. The molecular formula is C8H14F3NO2. The van der Waals surface area contributed by atoms with E-state index >= 15 is 0 Å². The van der Waals surface area contributed by atoms with Crippen molar-refractivity contribution in [3.05, 3.63) is 0 Å². The molecule has 0 spiro atoms. The van der Waals surface area contributed by atoms with E-state index in [4.69, 9.17) is 0 Å². The first kappa shape index (κ1) is 13.2. The lowest BCUT2D eigenvalue weighted by Gasteiger charge is -2.17. The zero-order valence-electron chi connectivity index (χ0n) is 8.23. The van der Waals surface area contributed by atoms with Gasteiger partial charge in [0.15, 0.2) is 0 Å². The molecule has 0 rings (SSSR count). The van der Waals surface area contributed by atoms with E-state index in [1.54, 1.807) is 6.92 Å². The van der Waals surface area contributed by atoms with Gasteiger partial charge in [-0.3, -0.25) is 9.69 Å². The molecule has 0 amide bonds. The minimum absolute atomic E-state index is 0.0135. The van der Waals surface area contributed by atoms with Gasteiger partial charge in [0.2, 0.25) is 0 Å². The van der Waals surface area contributed by atoms with E-state index in [0.717, 1.165) is 4.90 Å². The van der Waals surface area contributed by atoms with Gasteiger partial charge in [-0.05, 0) is 14.0 Å². The van der Waals surface area contributed by atoms with Crippen LogP contribution in [0, 0.1) is 0 Å². The average molecular weight is 213 g/mol. The molecule has 0 heterocycles. The Hall–Kier alpha value is -0.780. The van der Waals surface area contributed by atoms with E-state index in [9.17, 15) is 18.0 Å². The quantitative estimate of drug-likeness (QED) is 0.647. The first-order chi connectivity index (χ1) is 6.35. The summed E-state index contributed by atoms with van der Waals surface area (Å²) in [6.07, 6.45) is -4.23. The Balaban J connectivity index is 3.63. The predicted octanol–water partition coefficient (Wildman–Crippen LogP) is 1.43. The van der Waals surface area contributed by atoms with E-state index in [-0.39, 0.29) is 19.6 Å². The number of esters is 1. The Morgan fingerprint density at radius 3 is 2.43 bits per heavy atom. The van der Waals surface area contributed by atoms with Gasteiger partial charge >= 0.3 is 12.1 Å². The molecule has 6 heteroatoms. The molecule has 0 fully saturated rings. The standard InChI is InChI=1S/C8H14F3NO2/c1-3-14-7(13)4-5-12(2)6-8(9,10)11/h3-6H2,1-2H3. The molecule has 0 saturated carbocycles. The first-order valence-electron chi connectivity index (χ1n) is 4.26. The van der Waals surface area contributed by atoms with E-state index in [1.165, 1.54) is 7.05 Å². The zero-order chi connectivity index (χ0) is 11.2. The summed E-state index contributed by atoms with van der Waals surface area (Å²) in [4.78, 5) is 11.8. The van der Waals surface area contributed by atoms with Crippen LogP contribution in [0.15, 0.2) is 0 Å². The first-order valence-corrected chi connectivity index (χ1v) is 4.26. The van der Waals surface area contributed by atoms with Gasteiger partial charge in [-0.2, -0.15) is 13.2 Å². The Morgan fingerprint density at radius 1 is 1.43 bits per heavy atom. The Morgan fingerprint density at radius 2 is 2.00 bits per heavy atom. The van der Waals surface area contributed by atoms with Gasteiger partial charge in [0.05, 0.1) is 19.6 Å². The predicted molar refractivity (Wildman–Crippen MR) is 44.8 cm³/mol. The van der Waals surface area contributed by atoms with Crippen LogP contribution in [0.5, 0.6) is 0 Å². The second kappa shape index (κ2) is 5.85. The van der Waals surface area contributed by atoms with Crippen LogP contribution in [0.4, 0.5) is 13.2 Å². The molecule has 0 bridgehead atoms. The van der Waals surface area contributed by atoms with Crippen LogP contribution < -0.4 is 0 Å². The number of hydrogen-bond acceptors (Lipinski definition) is 3. The van der Waals surface area contributed by atoms with Gasteiger partial charge < -0.3 is 4.74 Å². The summed E-state index contributed by atoms with van der Waals surface area (Å²) >= 11 is 0. The topological polar surface area (TPSA) is 29.5 Å². The third kappa shape index (κ3) is 7.85. The summed E-state index contributed by atoms with van der Waals surface area (Å²) < 4.78 is 40.0. The van der Waals surface area contributed by atoms with Crippen LogP contribution in [-0.2, 0) is 9.53 Å². The lowest BCUT2D eigenvalue weighted by molar-refractivity contribution is -0.149. The van der Waals surface area contributed by atoms with Crippen molar-refractivity contribution in [3.63, 3.8) is 0 Å². The SMILES string of the molecule is CCOC(=O)CCN(C)CC(F)(F)F. The fourth-order valence-corrected chi connectivity index (χ4v) is 0.900. The lowest BCUT2D eigenvalue weighted by Crippen LogP contribution is -2.32. The molecule has 0 aromatic heterocycles. The van der Waals surface area contributed by atoms with Crippen molar-refractivity contribution >= 4 is 5.97 Å². The van der Waals surface area contributed by atoms with Gasteiger partial charge in [0.1, 0.15) is 0 Å². The number of alkyl halides is 3. The fraction of sp³-hybridized carbons (Fsp3) is 0.875. The Labute approximate surface area is 80.8 Å². The molecule has 0 saturated heterocycles. The highest BCUT2D eigenvalue weighted by Crippen LogP contribution is 2.15. The van der Waals surface area contributed by atoms with Crippen LogP contribution in [0.3, 0.4) is 0 Å². The summed E-state index contributed by atoms with van der Waals surface area (Å²) in [5, 5.41) is 0. The molecule has 3 nitrogen and oxygen atoms in total. The maximum atomic E-state index is 11.8. The van der Waals surface area contributed by atoms with Crippen LogP contribution in [0.25, 0.3) is 0 Å². The van der Waals surface area contributed by atoms with Crippen molar-refractivity contribution in [3.8, 4) is 0 Å². The maximum absolute atomic E-state index is 11.8. The Bertz CT molecular complexity index is 182. The van der Waals surface area contributed by atoms with Crippen LogP contribution in [-0.4, -0.2) is 43.8 Å². The van der Waals surface area contributed by atoms with Crippen LogP contribution in [0.1, 0.15) is 13.3 Å². The van der Waals surface area contributed by atoms with Crippen molar-refractivity contribution < 1.29 is 22.7 Å². The number of rotatable bonds is 5. The van der Waals surface area contributed by atoms with Gasteiger partial charge in [0.25, 0.3) is 0 Å². The molecule has 0 aromatic rings. The largest absolute Gasteiger partial charge is 0.466 e. The molecule has 0 aliphatic heterocycles. The molecule has 0 atom stereocenters. The highest BCUT2D eigenvalue weighted by Gasteiger charge is 2.29. The van der Waals surface area contributed by atoms with Crippen LogP contribution >= 0.6 is 0 Å². The fourth-order valence-electron chi connectivity index (χ4n) is 0.900. The van der Waals surface area contributed by atoms with Gasteiger partial charge in [-0.15, -0.1) is 0 Å². The van der Waals surface area contributed by atoms with Crippen LogP contribution in [0.2, 0.25) is 0 Å². The minimum atomic E-state index is -4.22. The molecule has 0 unspecified atom stereocenters. The third-order valence-electron chi connectivity index (χ3n) is 1.45. The van der Waals surface area contributed by atoms with E-state index in [1.807, 2.05) is 0 Å². The molecule has 0 radical (unpaired) electrons. The molecule has 0 N–H and O–H groups in total.